The van der Waals surface area contributed by atoms with Crippen LogP contribution in [0.4, 0.5) is 5.69 Å². The molecule has 0 saturated heterocycles. The van der Waals surface area contributed by atoms with Gasteiger partial charge in [-0.3, -0.25) is 10.1 Å². The molecule has 0 amide bonds. The first-order valence-electron chi connectivity index (χ1n) is 6.52. The van der Waals surface area contributed by atoms with Crippen molar-refractivity contribution >= 4 is 33.5 Å². The molecule has 6 nitrogen and oxygen atoms in total. The highest BCUT2D eigenvalue weighted by Crippen LogP contribution is 2.16. The number of fused-ring (bicyclic) bond motifs is 1. The Kier molecular flexibility index (Phi) is 3.80. The average molecular weight is 312 g/mol. The maximum Gasteiger partial charge on any atom is 0.278 e. The normalized spacial score (nSPS) is 12.3. The summed E-state index contributed by atoms with van der Waals surface area (Å²) in [5, 5.41) is 19.1. The second-order valence-electron chi connectivity index (χ2n) is 4.57. The van der Waals surface area contributed by atoms with Gasteiger partial charge in [-0.2, -0.15) is 5.10 Å². The van der Waals surface area contributed by atoms with Crippen molar-refractivity contribution in [1.29, 1.82) is 0 Å². The average Bonchev–Trinajstić information content (AvgIpc) is 2.85. The number of hydrogen-bond acceptors (Lipinski definition) is 5. The summed E-state index contributed by atoms with van der Waals surface area (Å²) in [6, 6.07) is 14.4. The molecular formula is C15H12N4O2S. The van der Waals surface area contributed by atoms with Crippen LogP contribution in [0.15, 0.2) is 58.7 Å². The molecule has 0 aliphatic rings. The lowest BCUT2D eigenvalue weighted by molar-refractivity contribution is -0.385. The molecule has 0 aliphatic carbocycles. The Morgan fingerprint density at radius 2 is 1.91 bits per heavy atom. The van der Waals surface area contributed by atoms with E-state index in [0.29, 0.717) is 5.56 Å². The van der Waals surface area contributed by atoms with Crippen molar-refractivity contribution in [1.82, 2.24) is 4.57 Å². The number of nitro groups is 1. The highest BCUT2D eigenvalue weighted by molar-refractivity contribution is 7.16. The molecule has 0 radical (unpaired) electrons. The molecule has 0 bridgehead atoms. The highest BCUT2D eigenvalue weighted by Gasteiger charge is 2.09. The number of rotatable bonds is 3. The van der Waals surface area contributed by atoms with Crippen molar-refractivity contribution in [2.24, 2.45) is 17.3 Å². The van der Waals surface area contributed by atoms with E-state index < -0.39 is 4.92 Å². The molecule has 3 aromatic rings. The van der Waals surface area contributed by atoms with E-state index in [9.17, 15) is 10.1 Å². The number of nitro benzene ring substituents is 1. The van der Waals surface area contributed by atoms with Gasteiger partial charge in [0.05, 0.1) is 26.9 Å². The third-order valence-electron chi connectivity index (χ3n) is 3.19. The van der Waals surface area contributed by atoms with Crippen LogP contribution in [-0.4, -0.2) is 15.7 Å². The van der Waals surface area contributed by atoms with Crippen LogP contribution in [0.3, 0.4) is 0 Å². The predicted octanol–water partition coefficient (Wildman–Crippen LogP) is 3.08. The SMILES string of the molecule is Cn1/c(=N/N=C/c2ccccc2[N+](=O)[O-])sc2ccccc21. The topological polar surface area (TPSA) is 72.8 Å². The lowest BCUT2D eigenvalue weighted by Gasteiger charge is -1.94. The van der Waals surface area contributed by atoms with Crippen LogP contribution in [0, 0.1) is 10.1 Å². The van der Waals surface area contributed by atoms with E-state index in [1.165, 1.54) is 23.6 Å². The van der Waals surface area contributed by atoms with Crippen LogP contribution < -0.4 is 4.80 Å². The van der Waals surface area contributed by atoms with E-state index >= 15 is 0 Å². The molecule has 1 aromatic heterocycles. The van der Waals surface area contributed by atoms with Gasteiger partial charge in [-0.1, -0.05) is 35.6 Å². The Balaban J connectivity index is 1.99. The van der Waals surface area contributed by atoms with Crippen molar-refractivity contribution < 1.29 is 4.92 Å². The zero-order valence-corrected chi connectivity index (χ0v) is 12.5. The van der Waals surface area contributed by atoms with Gasteiger partial charge in [0.1, 0.15) is 0 Å². The summed E-state index contributed by atoms with van der Waals surface area (Å²) in [4.78, 5) is 11.2. The second-order valence-corrected chi connectivity index (χ2v) is 5.58. The monoisotopic (exact) mass is 312 g/mol. The molecule has 0 aliphatic heterocycles. The van der Waals surface area contributed by atoms with Crippen LogP contribution in [0.2, 0.25) is 0 Å². The number of para-hydroxylation sites is 2. The maximum atomic E-state index is 10.9. The van der Waals surface area contributed by atoms with Crippen LogP contribution in [0.25, 0.3) is 10.2 Å². The third-order valence-corrected chi connectivity index (χ3v) is 4.29. The van der Waals surface area contributed by atoms with Gasteiger partial charge in [-0.25, -0.2) is 0 Å². The van der Waals surface area contributed by atoms with E-state index in [4.69, 9.17) is 0 Å². The summed E-state index contributed by atoms with van der Waals surface area (Å²) < 4.78 is 3.06. The molecular weight excluding hydrogens is 300 g/mol. The van der Waals surface area contributed by atoms with Crippen LogP contribution in [0.1, 0.15) is 5.56 Å². The molecule has 2 aromatic carbocycles. The van der Waals surface area contributed by atoms with Crippen molar-refractivity contribution in [3.8, 4) is 0 Å². The molecule has 1 heterocycles. The summed E-state index contributed by atoms with van der Waals surface area (Å²) in [6.07, 6.45) is 1.41. The van der Waals surface area contributed by atoms with E-state index in [1.807, 2.05) is 35.9 Å². The Morgan fingerprint density at radius 1 is 1.18 bits per heavy atom. The fourth-order valence-electron chi connectivity index (χ4n) is 2.08. The Bertz CT molecular complexity index is 940. The van der Waals surface area contributed by atoms with Crippen molar-refractivity contribution in [2.45, 2.75) is 0 Å². The van der Waals surface area contributed by atoms with Crippen LogP contribution >= 0.6 is 11.3 Å². The van der Waals surface area contributed by atoms with Gasteiger partial charge in [0, 0.05) is 13.1 Å². The molecule has 22 heavy (non-hydrogen) atoms. The zero-order valence-electron chi connectivity index (χ0n) is 11.7. The van der Waals surface area contributed by atoms with E-state index in [0.717, 1.165) is 15.0 Å². The van der Waals surface area contributed by atoms with E-state index in [2.05, 4.69) is 10.2 Å². The zero-order chi connectivity index (χ0) is 15.5. The smallest absolute Gasteiger partial charge is 0.278 e. The molecule has 7 heteroatoms. The molecule has 0 unspecified atom stereocenters. The number of hydrogen-bond donors (Lipinski definition) is 0. The van der Waals surface area contributed by atoms with Gasteiger partial charge in [0.15, 0.2) is 0 Å². The minimum atomic E-state index is -0.430. The molecule has 0 spiro atoms. The number of aromatic nitrogens is 1. The third kappa shape index (κ3) is 2.66. The van der Waals surface area contributed by atoms with Crippen molar-refractivity contribution in [2.75, 3.05) is 0 Å². The van der Waals surface area contributed by atoms with E-state index in [-0.39, 0.29) is 5.69 Å². The molecule has 0 saturated carbocycles. The standard InChI is InChI=1S/C15H12N4O2S/c1-18-13-8-4-5-9-14(13)22-15(18)17-16-10-11-6-2-3-7-12(11)19(20)21/h2-10H,1H3/b16-10+,17-15-. The molecule has 0 N–H and O–H groups in total. The summed E-state index contributed by atoms with van der Waals surface area (Å²) in [6.45, 7) is 0. The lowest BCUT2D eigenvalue weighted by atomic mass is 10.2. The lowest BCUT2D eigenvalue weighted by Crippen LogP contribution is -2.08. The molecule has 0 fully saturated rings. The van der Waals surface area contributed by atoms with Crippen LogP contribution in [-0.2, 0) is 7.05 Å². The summed E-state index contributed by atoms with van der Waals surface area (Å²) in [7, 11) is 1.91. The quantitative estimate of drug-likeness (QED) is 0.423. The maximum absolute atomic E-state index is 10.9. The minimum Gasteiger partial charge on any atom is -0.318 e. The number of thiazole rings is 1. The predicted molar refractivity (Wildman–Crippen MR) is 87.0 cm³/mol. The first-order chi connectivity index (χ1) is 10.7. The van der Waals surface area contributed by atoms with Gasteiger partial charge in [0.25, 0.3) is 5.69 Å². The van der Waals surface area contributed by atoms with Crippen molar-refractivity contribution in [3.63, 3.8) is 0 Å². The number of benzene rings is 2. The van der Waals surface area contributed by atoms with Gasteiger partial charge in [-0.15, -0.1) is 5.10 Å². The largest absolute Gasteiger partial charge is 0.318 e. The molecule has 3 rings (SSSR count). The van der Waals surface area contributed by atoms with Crippen LogP contribution in [0.5, 0.6) is 0 Å². The van der Waals surface area contributed by atoms with E-state index in [1.54, 1.807) is 18.2 Å². The van der Waals surface area contributed by atoms with Crippen molar-refractivity contribution in [3.05, 3.63) is 69.0 Å². The first-order valence-corrected chi connectivity index (χ1v) is 7.33. The molecule has 110 valence electrons. The summed E-state index contributed by atoms with van der Waals surface area (Å²) >= 11 is 1.52. The van der Waals surface area contributed by atoms with Gasteiger partial charge in [-0.05, 0) is 18.2 Å². The van der Waals surface area contributed by atoms with Gasteiger partial charge in [0.2, 0.25) is 4.80 Å². The number of aryl methyl sites for hydroxylation is 1. The Labute approximate surface area is 129 Å². The fourth-order valence-corrected chi connectivity index (χ4v) is 3.06. The highest BCUT2D eigenvalue weighted by atomic mass is 32.1. The summed E-state index contributed by atoms with van der Waals surface area (Å²) in [5.74, 6) is 0. The first kappa shape index (κ1) is 14.2. The Morgan fingerprint density at radius 3 is 2.68 bits per heavy atom. The molecule has 0 atom stereocenters. The van der Waals surface area contributed by atoms with Gasteiger partial charge >= 0.3 is 0 Å². The summed E-state index contributed by atoms with van der Waals surface area (Å²) in [5.41, 5.74) is 1.52. The number of nitrogens with zero attached hydrogens (tertiary/aromatic N) is 4. The Hall–Kier alpha value is -2.80. The second kappa shape index (κ2) is 5.90. The fraction of sp³-hybridized carbons (Fsp3) is 0.0667. The minimum absolute atomic E-state index is 0.0159. The van der Waals surface area contributed by atoms with Gasteiger partial charge < -0.3 is 4.57 Å².